The summed E-state index contributed by atoms with van der Waals surface area (Å²) in [4.78, 5) is 2.36. The predicted octanol–water partition coefficient (Wildman–Crippen LogP) is 13.9. The molecule has 0 amide bonds. The van der Waals surface area contributed by atoms with Crippen molar-refractivity contribution < 1.29 is 4.42 Å². The number of fused-ring (bicyclic) bond motifs is 8. The molecule has 2 aromatic heterocycles. The van der Waals surface area contributed by atoms with Crippen LogP contribution in [-0.4, -0.2) is 0 Å². The predicted molar refractivity (Wildman–Crippen MR) is 210 cm³/mol. The van der Waals surface area contributed by atoms with Crippen LogP contribution in [0.2, 0.25) is 0 Å². The van der Waals surface area contributed by atoms with Gasteiger partial charge in [-0.3, -0.25) is 0 Å². The molecule has 0 unspecified atom stereocenters. The highest BCUT2D eigenvalue weighted by molar-refractivity contribution is 7.26. The second-order valence-corrected chi connectivity index (χ2v) is 13.6. The Morgan fingerprint density at radius 3 is 1.55 bits per heavy atom. The largest absolute Gasteiger partial charge is 0.455 e. The third kappa shape index (κ3) is 4.70. The molecule has 0 aliphatic heterocycles. The first-order chi connectivity index (χ1) is 24.3. The summed E-state index contributed by atoms with van der Waals surface area (Å²) >= 11 is 1.82. The molecule has 0 atom stereocenters. The van der Waals surface area contributed by atoms with Crippen LogP contribution in [0.25, 0.3) is 75.1 Å². The minimum absolute atomic E-state index is 0.932. The monoisotopic (exact) mass is 643 g/mol. The van der Waals surface area contributed by atoms with Crippen LogP contribution >= 0.6 is 11.3 Å². The molecule has 10 aromatic rings. The van der Waals surface area contributed by atoms with Gasteiger partial charge < -0.3 is 9.32 Å². The maximum absolute atomic E-state index is 6.65. The fraction of sp³-hybridized carbons (Fsp3) is 0. The summed E-state index contributed by atoms with van der Waals surface area (Å²) in [5, 5.41) is 7.16. The number of benzene rings is 8. The molecule has 0 N–H and O–H groups in total. The Hall–Kier alpha value is -6.16. The first-order valence-electron chi connectivity index (χ1n) is 16.6. The zero-order chi connectivity index (χ0) is 32.3. The summed E-state index contributed by atoms with van der Waals surface area (Å²) in [6.45, 7) is 0. The van der Waals surface area contributed by atoms with Crippen molar-refractivity contribution in [3.8, 4) is 22.3 Å². The normalized spacial score (nSPS) is 11.7. The van der Waals surface area contributed by atoms with Gasteiger partial charge >= 0.3 is 0 Å². The minimum atomic E-state index is 0.932. The van der Waals surface area contributed by atoms with E-state index in [1.54, 1.807) is 0 Å². The average Bonchev–Trinajstić information content (AvgIpc) is 3.72. The first-order valence-corrected chi connectivity index (χ1v) is 17.4. The summed E-state index contributed by atoms with van der Waals surface area (Å²) in [5.74, 6) is 0. The van der Waals surface area contributed by atoms with E-state index in [1.807, 2.05) is 11.3 Å². The average molecular weight is 644 g/mol. The summed E-state index contributed by atoms with van der Waals surface area (Å²) in [7, 11) is 0. The molecule has 0 spiro atoms. The molecule has 0 saturated heterocycles. The Bertz CT molecular complexity index is 2710. The molecule has 2 heterocycles. The lowest BCUT2D eigenvalue weighted by Crippen LogP contribution is -2.09. The van der Waals surface area contributed by atoms with Gasteiger partial charge in [-0.15, -0.1) is 11.3 Å². The summed E-state index contributed by atoms with van der Waals surface area (Å²) in [6.07, 6.45) is 0. The smallest absolute Gasteiger partial charge is 0.144 e. The molecule has 230 valence electrons. The van der Waals surface area contributed by atoms with E-state index in [9.17, 15) is 0 Å². The number of anilines is 3. The van der Waals surface area contributed by atoms with Crippen molar-refractivity contribution in [3.63, 3.8) is 0 Å². The molecule has 2 nitrogen and oxygen atoms in total. The molecule has 3 heteroatoms. The molecule has 0 radical (unpaired) electrons. The van der Waals surface area contributed by atoms with E-state index in [-0.39, 0.29) is 0 Å². The van der Waals surface area contributed by atoms with Gasteiger partial charge in [0.25, 0.3) is 0 Å². The summed E-state index contributed by atoms with van der Waals surface area (Å²) in [6, 6.07) is 63.2. The summed E-state index contributed by atoms with van der Waals surface area (Å²) < 4.78 is 9.11. The van der Waals surface area contributed by atoms with Crippen LogP contribution in [0, 0.1) is 0 Å². The van der Waals surface area contributed by atoms with Crippen molar-refractivity contribution in [2.45, 2.75) is 0 Å². The van der Waals surface area contributed by atoms with Crippen LogP contribution in [0.1, 0.15) is 0 Å². The minimum Gasteiger partial charge on any atom is -0.455 e. The molecule has 8 aromatic carbocycles. The third-order valence-electron chi connectivity index (χ3n) is 9.65. The molecular weight excluding hydrogens is 615 g/mol. The Morgan fingerprint density at radius 1 is 0.388 bits per heavy atom. The van der Waals surface area contributed by atoms with Gasteiger partial charge in [-0.25, -0.2) is 0 Å². The van der Waals surface area contributed by atoms with E-state index in [2.05, 4.69) is 181 Å². The van der Waals surface area contributed by atoms with Crippen molar-refractivity contribution in [1.82, 2.24) is 0 Å². The van der Waals surface area contributed by atoms with Crippen LogP contribution < -0.4 is 4.90 Å². The fourth-order valence-corrected chi connectivity index (χ4v) is 8.36. The highest BCUT2D eigenvalue weighted by Crippen LogP contribution is 2.45. The molecule has 0 bridgehead atoms. The van der Waals surface area contributed by atoms with E-state index < -0.39 is 0 Å². The number of thiophene rings is 1. The molecular formula is C46H29NOS. The van der Waals surface area contributed by atoms with Gasteiger partial charge in [-0.05, 0) is 93.7 Å². The van der Waals surface area contributed by atoms with E-state index >= 15 is 0 Å². The second-order valence-electron chi connectivity index (χ2n) is 12.6. The molecule has 10 rings (SSSR count). The van der Waals surface area contributed by atoms with Crippen molar-refractivity contribution in [1.29, 1.82) is 0 Å². The maximum Gasteiger partial charge on any atom is 0.144 e. The number of rotatable bonds is 5. The number of nitrogens with zero attached hydrogens (tertiary/aromatic N) is 1. The number of hydrogen-bond donors (Lipinski definition) is 0. The van der Waals surface area contributed by atoms with Crippen LogP contribution in [0.3, 0.4) is 0 Å². The Morgan fingerprint density at radius 2 is 0.918 bits per heavy atom. The van der Waals surface area contributed by atoms with E-state index in [0.717, 1.165) is 39.0 Å². The molecule has 0 saturated carbocycles. The molecule has 49 heavy (non-hydrogen) atoms. The van der Waals surface area contributed by atoms with Crippen LogP contribution in [0.15, 0.2) is 180 Å². The van der Waals surface area contributed by atoms with Gasteiger partial charge in [-0.2, -0.15) is 0 Å². The molecule has 0 aliphatic rings. The quantitative estimate of drug-likeness (QED) is 0.186. The topological polar surface area (TPSA) is 16.4 Å². The lowest BCUT2D eigenvalue weighted by molar-refractivity contribution is 0.673. The highest BCUT2D eigenvalue weighted by atomic mass is 32.1. The third-order valence-corrected chi connectivity index (χ3v) is 10.8. The van der Waals surface area contributed by atoms with Gasteiger partial charge in [0.1, 0.15) is 11.2 Å². The zero-order valence-electron chi connectivity index (χ0n) is 26.5. The SMILES string of the molecule is c1ccc(-c2ccc(N(c3ccc(-c4ccccc4)cc3)c3ccc4c(c3)sc3ccc5c6cc7ccccc7cc6oc5c34)cc2)cc1. The van der Waals surface area contributed by atoms with E-state index in [4.69, 9.17) is 4.42 Å². The summed E-state index contributed by atoms with van der Waals surface area (Å²) in [5.41, 5.74) is 10.1. The van der Waals surface area contributed by atoms with Crippen molar-refractivity contribution in [3.05, 3.63) is 176 Å². The Labute approximate surface area is 287 Å². The number of furan rings is 1. The van der Waals surface area contributed by atoms with Gasteiger partial charge in [-0.1, -0.05) is 115 Å². The van der Waals surface area contributed by atoms with Gasteiger partial charge in [0.2, 0.25) is 0 Å². The molecule has 0 fully saturated rings. The van der Waals surface area contributed by atoms with Gasteiger partial charge in [0, 0.05) is 48.0 Å². The van der Waals surface area contributed by atoms with Gasteiger partial charge in [0.15, 0.2) is 0 Å². The lowest BCUT2D eigenvalue weighted by Gasteiger charge is -2.26. The van der Waals surface area contributed by atoms with Crippen molar-refractivity contribution >= 4 is 81.3 Å². The Balaban J connectivity index is 1.12. The fourth-order valence-electron chi connectivity index (χ4n) is 7.22. The Kier molecular flexibility index (Phi) is 6.39. The van der Waals surface area contributed by atoms with Crippen molar-refractivity contribution in [2.24, 2.45) is 0 Å². The van der Waals surface area contributed by atoms with Crippen molar-refractivity contribution in [2.75, 3.05) is 4.90 Å². The first kappa shape index (κ1) is 27.9. The maximum atomic E-state index is 6.65. The standard InChI is InChI=1S/C46H29NOS/c1-3-9-30(10-4-1)32-15-19-36(20-16-32)47(37-21-17-33(18-22-37)31-11-5-2-6-12-31)38-23-24-40-44(29-38)49-43-26-25-39-41-27-34-13-7-8-14-35(34)28-42(41)48-46(39)45(40)43/h1-29H. The highest BCUT2D eigenvalue weighted by Gasteiger charge is 2.18. The zero-order valence-corrected chi connectivity index (χ0v) is 27.3. The second kappa shape index (κ2) is 11.2. The van der Waals surface area contributed by atoms with E-state index in [1.165, 1.54) is 53.2 Å². The van der Waals surface area contributed by atoms with E-state index in [0.29, 0.717) is 0 Å². The van der Waals surface area contributed by atoms with Gasteiger partial charge in [0.05, 0.1) is 0 Å². The number of hydrogen-bond acceptors (Lipinski definition) is 3. The van der Waals surface area contributed by atoms with Crippen LogP contribution in [0.4, 0.5) is 17.1 Å². The van der Waals surface area contributed by atoms with Crippen LogP contribution in [-0.2, 0) is 0 Å². The van der Waals surface area contributed by atoms with Crippen LogP contribution in [0.5, 0.6) is 0 Å². The lowest BCUT2D eigenvalue weighted by atomic mass is 10.0. The molecule has 0 aliphatic carbocycles.